The van der Waals surface area contributed by atoms with Gasteiger partial charge in [0.1, 0.15) is 5.75 Å². The maximum atomic E-state index is 12.1. The zero-order chi connectivity index (χ0) is 18.5. The molecule has 2 amide bonds. The minimum Gasteiger partial charge on any atom is -0.484 e. The van der Waals surface area contributed by atoms with Crippen LogP contribution in [0.4, 0.5) is 5.69 Å². The normalized spacial score (nSPS) is 16.3. The van der Waals surface area contributed by atoms with Crippen molar-refractivity contribution in [2.24, 2.45) is 5.73 Å². The van der Waals surface area contributed by atoms with E-state index in [0.29, 0.717) is 11.3 Å². The summed E-state index contributed by atoms with van der Waals surface area (Å²) in [4.78, 5) is 25.4. The summed E-state index contributed by atoms with van der Waals surface area (Å²) in [7, 11) is 0. The molecule has 0 bridgehead atoms. The Hall–Kier alpha value is -3.02. The molecule has 2 aromatic carbocycles. The van der Waals surface area contributed by atoms with Crippen LogP contribution in [0, 0.1) is 6.92 Å². The average Bonchev–Trinajstić information content (AvgIpc) is 3.09. The number of aryl methyl sites for hydroxylation is 1. The number of rotatable bonds is 6. The molecule has 0 aliphatic carbocycles. The van der Waals surface area contributed by atoms with Gasteiger partial charge in [-0.25, -0.2) is 0 Å². The minimum atomic E-state index is -0.492. The van der Waals surface area contributed by atoms with Crippen LogP contribution in [0.15, 0.2) is 48.5 Å². The van der Waals surface area contributed by atoms with Crippen molar-refractivity contribution < 1.29 is 14.3 Å². The molecule has 3 N–H and O–H groups in total. The molecule has 1 heterocycles. The Morgan fingerprint density at radius 3 is 2.69 bits per heavy atom. The number of benzene rings is 2. The number of ether oxygens (including phenoxy) is 1. The Balaban J connectivity index is 1.46. The summed E-state index contributed by atoms with van der Waals surface area (Å²) < 4.78 is 5.46. The summed E-state index contributed by atoms with van der Waals surface area (Å²) in [5.41, 5.74) is 8.01. The first-order valence-electron chi connectivity index (χ1n) is 8.65. The fourth-order valence-corrected chi connectivity index (χ4v) is 3.07. The lowest BCUT2D eigenvalue weighted by Gasteiger charge is -2.19. The van der Waals surface area contributed by atoms with Crippen LogP contribution in [-0.2, 0) is 4.79 Å². The number of hydrogen-bond acceptors (Lipinski definition) is 4. The second-order valence-electron chi connectivity index (χ2n) is 6.52. The van der Waals surface area contributed by atoms with Crippen molar-refractivity contribution in [1.29, 1.82) is 0 Å². The smallest absolute Gasteiger partial charge is 0.258 e. The van der Waals surface area contributed by atoms with E-state index in [9.17, 15) is 9.59 Å². The number of carbonyl (C=O) groups excluding carboxylic acids is 2. The van der Waals surface area contributed by atoms with Crippen molar-refractivity contribution in [3.63, 3.8) is 0 Å². The number of amides is 2. The molecule has 1 aliphatic rings. The number of nitrogens with zero attached hydrogens (tertiary/aromatic N) is 1. The average molecular weight is 353 g/mol. The van der Waals surface area contributed by atoms with Crippen molar-refractivity contribution in [3.05, 3.63) is 59.7 Å². The molecule has 0 saturated carbocycles. The largest absolute Gasteiger partial charge is 0.484 e. The predicted molar refractivity (Wildman–Crippen MR) is 100 cm³/mol. The topological polar surface area (TPSA) is 84.7 Å². The van der Waals surface area contributed by atoms with Crippen LogP contribution in [0.25, 0.3) is 0 Å². The molecule has 1 atom stereocenters. The molecule has 136 valence electrons. The first-order chi connectivity index (χ1) is 12.5. The van der Waals surface area contributed by atoms with Crippen molar-refractivity contribution in [3.8, 4) is 5.75 Å². The Morgan fingerprint density at radius 1 is 1.23 bits per heavy atom. The van der Waals surface area contributed by atoms with E-state index in [0.717, 1.165) is 19.5 Å². The molecule has 3 rings (SSSR count). The maximum absolute atomic E-state index is 12.1. The third kappa shape index (κ3) is 4.53. The fraction of sp³-hybridized carbons (Fsp3) is 0.300. The van der Waals surface area contributed by atoms with Gasteiger partial charge in [0.15, 0.2) is 6.61 Å². The molecule has 0 radical (unpaired) electrons. The summed E-state index contributed by atoms with van der Waals surface area (Å²) in [6, 6.07) is 14.9. The monoisotopic (exact) mass is 353 g/mol. The van der Waals surface area contributed by atoms with Crippen LogP contribution >= 0.6 is 0 Å². The zero-order valence-electron chi connectivity index (χ0n) is 14.8. The lowest BCUT2D eigenvalue weighted by Crippen LogP contribution is -2.39. The van der Waals surface area contributed by atoms with Gasteiger partial charge >= 0.3 is 0 Å². The summed E-state index contributed by atoms with van der Waals surface area (Å²) in [5.74, 6) is -0.119. The molecule has 2 aromatic rings. The quantitative estimate of drug-likeness (QED) is 0.830. The van der Waals surface area contributed by atoms with Gasteiger partial charge in [0.25, 0.3) is 5.91 Å². The van der Waals surface area contributed by atoms with Crippen molar-refractivity contribution in [1.82, 2.24) is 5.32 Å². The molecule has 6 nitrogen and oxygen atoms in total. The maximum Gasteiger partial charge on any atom is 0.258 e. The van der Waals surface area contributed by atoms with Crippen LogP contribution < -0.4 is 20.7 Å². The second kappa shape index (κ2) is 7.91. The highest BCUT2D eigenvalue weighted by atomic mass is 16.5. The zero-order valence-corrected chi connectivity index (χ0v) is 14.8. The second-order valence-corrected chi connectivity index (χ2v) is 6.52. The molecule has 1 unspecified atom stereocenters. The number of anilines is 1. The third-order valence-corrected chi connectivity index (χ3v) is 4.43. The molecular weight excluding hydrogens is 330 g/mol. The molecule has 26 heavy (non-hydrogen) atoms. The van der Waals surface area contributed by atoms with E-state index < -0.39 is 5.91 Å². The number of hydrogen-bond donors (Lipinski definition) is 2. The number of carbonyl (C=O) groups is 2. The molecule has 1 saturated heterocycles. The van der Waals surface area contributed by atoms with E-state index in [4.69, 9.17) is 10.5 Å². The fourth-order valence-electron chi connectivity index (χ4n) is 3.07. The van der Waals surface area contributed by atoms with Gasteiger partial charge in [0.2, 0.25) is 5.91 Å². The SMILES string of the molecule is Cc1cccc(N2CCC(NC(=O)COc3ccc(C(N)=O)cc3)C2)c1. The number of nitrogens with two attached hydrogens (primary N) is 1. The molecule has 1 aliphatic heterocycles. The Kier molecular flexibility index (Phi) is 5.41. The summed E-state index contributed by atoms with van der Waals surface area (Å²) in [5, 5.41) is 3.01. The summed E-state index contributed by atoms with van der Waals surface area (Å²) in [6.45, 7) is 3.73. The van der Waals surface area contributed by atoms with E-state index in [1.807, 2.05) is 6.07 Å². The number of primary amides is 1. The van der Waals surface area contributed by atoms with Gasteiger partial charge in [-0.05, 0) is 55.3 Å². The minimum absolute atomic E-state index is 0.0587. The number of nitrogens with one attached hydrogen (secondary N) is 1. The van der Waals surface area contributed by atoms with Crippen LogP contribution in [0.3, 0.4) is 0 Å². The van der Waals surface area contributed by atoms with Crippen LogP contribution in [0.2, 0.25) is 0 Å². The van der Waals surface area contributed by atoms with Gasteiger partial charge in [-0.15, -0.1) is 0 Å². The lowest BCUT2D eigenvalue weighted by molar-refractivity contribution is -0.123. The molecular formula is C20H23N3O3. The van der Waals surface area contributed by atoms with Crippen LogP contribution in [0.5, 0.6) is 5.75 Å². The lowest BCUT2D eigenvalue weighted by atomic mass is 10.2. The Labute approximate surface area is 152 Å². The standard InChI is InChI=1S/C20H23N3O3/c1-14-3-2-4-17(11-14)23-10-9-16(12-23)22-19(24)13-26-18-7-5-15(6-8-18)20(21)25/h2-8,11,16H,9-10,12-13H2,1H3,(H2,21,25)(H,22,24). The van der Waals surface area contributed by atoms with Gasteiger partial charge in [0, 0.05) is 30.4 Å². The van der Waals surface area contributed by atoms with Gasteiger partial charge in [-0.2, -0.15) is 0 Å². The van der Waals surface area contributed by atoms with E-state index in [-0.39, 0.29) is 18.6 Å². The Morgan fingerprint density at radius 2 is 2.00 bits per heavy atom. The molecule has 1 fully saturated rings. The molecule has 0 spiro atoms. The van der Waals surface area contributed by atoms with E-state index >= 15 is 0 Å². The van der Waals surface area contributed by atoms with Crippen molar-refractivity contribution in [2.75, 3.05) is 24.6 Å². The summed E-state index contributed by atoms with van der Waals surface area (Å²) >= 11 is 0. The van der Waals surface area contributed by atoms with E-state index in [1.54, 1.807) is 24.3 Å². The highest BCUT2D eigenvalue weighted by molar-refractivity contribution is 5.92. The van der Waals surface area contributed by atoms with E-state index in [2.05, 4.69) is 35.3 Å². The van der Waals surface area contributed by atoms with Crippen LogP contribution in [-0.4, -0.2) is 37.6 Å². The third-order valence-electron chi connectivity index (χ3n) is 4.43. The molecule has 0 aromatic heterocycles. The van der Waals surface area contributed by atoms with Crippen LogP contribution in [0.1, 0.15) is 22.3 Å². The summed E-state index contributed by atoms with van der Waals surface area (Å²) in [6.07, 6.45) is 0.910. The van der Waals surface area contributed by atoms with E-state index in [1.165, 1.54) is 11.3 Å². The van der Waals surface area contributed by atoms with Crippen molar-refractivity contribution >= 4 is 17.5 Å². The van der Waals surface area contributed by atoms with Crippen molar-refractivity contribution in [2.45, 2.75) is 19.4 Å². The van der Waals surface area contributed by atoms with Gasteiger partial charge in [0.05, 0.1) is 0 Å². The van der Waals surface area contributed by atoms with Gasteiger partial charge in [-0.3, -0.25) is 9.59 Å². The highest BCUT2D eigenvalue weighted by Crippen LogP contribution is 2.21. The van der Waals surface area contributed by atoms with Gasteiger partial charge < -0.3 is 20.7 Å². The first-order valence-corrected chi connectivity index (χ1v) is 8.65. The van der Waals surface area contributed by atoms with Gasteiger partial charge in [-0.1, -0.05) is 12.1 Å². The Bertz CT molecular complexity index is 789. The molecule has 6 heteroatoms. The highest BCUT2D eigenvalue weighted by Gasteiger charge is 2.24. The predicted octanol–water partition coefficient (Wildman–Crippen LogP) is 1.87. The first kappa shape index (κ1) is 17.8.